The molecule has 1 heterocycles. The number of carbonyl (C=O) groups excluding carboxylic acids is 1. The number of rotatable bonds is 5. The highest BCUT2D eigenvalue weighted by atomic mass is 35.5. The first kappa shape index (κ1) is 18.3. The van der Waals surface area contributed by atoms with Crippen LogP contribution in [0.4, 0.5) is 5.69 Å². The summed E-state index contributed by atoms with van der Waals surface area (Å²) in [6.07, 6.45) is 0. The van der Waals surface area contributed by atoms with Gasteiger partial charge in [-0.1, -0.05) is 35.5 Å². The number of nitrogens with one attached hydrogen (secondary N) is 1. The summed E-state index contributed by atoms with van der Waals surface area (Å²) < 4.78 is 2.10. The second-order valence-electron chi connectivity index (χ2n) is 5.68. The van der Waals surface area contributed by atoms with Crippen molar-refractivity contribution in [3.05, 3.63) is 53.1 Å². The molecule has 0 saturated carbocycles. The van der Waals surface area contributed by atoms with Crippen LogP contribution in [-0.2, 0) is 11.3 Å². The van der Waals surface area contributed by atoms with Crippen molar-refractivity contribution in [2.45, 2.75) is 30.8 Å². The van der Waals surface area contributed by atoms with E-state index in [-0.39, 0.29) is 11.2 Å². The van der Waals surface area contributed by atoms with Gasteiger partial charge in [-0.2, -0.15) is 5.26 Å². The second-order valence-corrected chi connectivity index (χ2v) is 7.40. The summed E-state index contributed by atoms with van der Waals surface area (Å²) in [5.74, 6) is -0.148. The van der Waals surface area contributed by atoms with E-state index in [9.17, 15) is 4.79 Å². The topological polar surface area (TPSA) is 70.7 Å². The number of carbonyl (C=O) groups is 1. The normalized spacial score (nSPS) is 11.9. The molecule has 3 rings (SSSR count). The molecular formula is C19H17ClN4OS. The van der Waals surface area contributed by atoms with Gasteiger partial charge in [-0.15, -0.1) is 0 Å². The van der Waals surface area contributed by atoms with E-state index in [0.29, 0.717) is 16.3 Å². The second kappa shape index (κ2) is 7.81. The lowest BCUT2D eigenvalue weighted by atomic mass is 10.2. The number of para-hydroxylation sites is 2. The summed E-state index contributed by atoms with van der Waals surface area (Å²) in [7, 11) is 0. The molecule has 5 nitrogen and oxygen atoms in total. The first-order valence-corrected chi connectivity index (χ1v) is 9.41. The maximum atomic E-state index is 12.5. The zero-order valence-corrected chi connectivity index (χ0v) is 15.9. The van der Waals surface area contributed by atoms with E-state index >= 15 is 0 Å². The maximum Gasteiger partial charge on any atom is 0.237 e. The molecule has 1 amide bonds. The van der Waals surface area contributed by atoms with Crippen molar-refractivity contribution >= 4 is 46.0 Å². The molecule has 1 atom stereocenters. The largest absolute Gasteiger partial charge is 0.325 e. The van der Waals surface area contributed by atoms with Crippen molar-refractivity contribution in [2.24, 2.45) is 0 Å². The highest BCUT2D eigenvalue weighted by molar-refractivity contribution is 8.00. The molecule has 7 heteroatoms. The van der Waals surface area contributed by atoms with Gasteiger partial charge in [-0.3, -0.25) is 4.79 Å². The van der Waals surface area contributed by atoms with Crippen molar-refractivity contribution < 1.29 is 4.79 Å². The van der Waals surface area contributed by atoms with Crippen molar-refractivity contribution in [1.82, 2.24) is 9.55 Å². The number of aryl methyl sites for hydroxylation is 1. The van der Waals surface area contributed by atoms with Gasteiger partial charge in [-0.05, 0) is 44.2 Å². The average molecular weight is 385 g/mol. The zero-order valence-electron chi connectivity index (χ0n) is 14.4. The average Bonchev–Trinajstić information content (AvgIpc) is 2.98. The predicted octanol–water partition coefficient (Wildman–Crippen LogP) is 4.70. The molecule has 2 aromatic carbocycles. The third-order valence-electron chi connectivity index (χ3n) is 3.94. The van der Waals surface area contributed by atoms with E-state index in [4.69, 9.17) is 16.9 Å². The molecule has 1 unspecified atom stereocenters. The van der Waals surface area contributed by atoms with Gasteiger partial charge in [-0.25, -0.2) is 4.98 Å². The Kier molecular flexibility index (Phi) is 5.50. The fourth-order valence-corrected chi connectivity index (χ4v) is 3.80. The van der Waals surface area contributed by atoms with Gasteiger partial charge in [0, 0.05) is 12.2 Å². The summed E-state index contributed by atoms with van der Waals surface area (Å²) in [5, 5.41) is 12.5. The van der Waals surface area contributed by atoms with Crippen LogP contribution in [0.2, 0.25) is 5.02 Å². The standard InChI is InChI=1S/C19H17ClN4OS/c1-3-24-17-7-5-4-6-16(17)23-19(24)26-12(2)18(25)22-14-9-8-13(11-21)15(20)10-14/h4-10,12H,3H2,1-2H3,(H,22,25). The van der Waals surface area contributed by atoms with Crippen LogP contribution in [0.1, 0.15) is 19.4 Å². The van der Waals surface area contributed by atoms with Crippen LogP contribution < -0.4 is 5.32 Å². The van der Waals surface area contributed by atoms with Gasteiger partial charge in [0.25, 0.3) is 0 Å². The van der Waals surface area contributed by atoms with Crippen molar-refractivity contribution in [2.75, 3.05) is 5.32 Å². The molecule has 0 spiro atoms. The molecule has 0 aliphatic rings. The fourth-order valence-electron chi connectivity index (χ4n) is 2.59. The summed E-state index contributed by atoms with van der Waals surface area (Å²) in [5.41, 5.74) is 2.92. The fraction of sp³-hybridized carbons (Fsp3) is 0.211. The summed E-state index contributed by atoms with van der Waals surface area (Å²) in [6.45, 7) is 4.68. The van der Waals surface area contributed by atoms with E-state index in [2.05, 4.69) is 21.8 Å². The Morgan fingerprint density at radius 1 is 1.38 bits per heavy atom. The number of fused-ring (bicyclic) bond motifs is 1. The third-order valence-corrected chi connectivity index (χ3v) is 5.35. The van der Waals surface area contributed by atoms with Crippen LogP contribution in [-0.4, -0.2) is 20.7 Å². The molecule has 1 aromatic heterocycles. The van der Waals surface area contributed by atoms with E-state index in [1.54, 1.807) is 18.2 Å². The SMILES string of the molecule is CCn1c(SC(C)C(=O)Nc2ccc(C#N)c(Cl)c2)nc2ccccc21. The quantitative estimate of drug-likeness (QED) is 0.647. The summed E-state index contributed by atoms with van der Waals surface area (Å²) in [4.78, 5) is 17.2. The summed E-state index contributed by atoms with van der Waals surface area (Å²) >= 11 is 7.43. The Morgan fingerprint density at radius 3 is 2.85 bits per heavy atom. The smallest absolute Gasteiger partial charge is 0.237 e. The lowest BCUT2D eigenvalue weighted by Crippen LogP contribution is -2.23. The molecule has 0 radical (unpaired) electrons. The van der Waals surface area contributed by atoms with Crippen LogP contribution in [0.15, 0.2) is 47.6 Å². The third kappa shape index (κ3) is 3.69. The number of amides is 1. The van der Waals surface area contributed by atoms with Gasteiger partial charge in [0.05, 0.1) is 26.9 Å². The first-order valence-electron chi connectivity index (χ1n) is 8.16. The molecule has 1 N–H and O–H groups in total. The van der Waals surface area contributed by atoms with E-state index in [1.165, 1.54) is 11.8 Å². The van der Waals surface area contributed by atoms with Gasteiger partial charge >= 0.3 is 0 Å². The Balaban J connectivity index is 1.76. The van der Waals surface area contributed by atoms with Gasteiger partial charge in [0.2, 0.25) is 5.91 Å². The van der Waals surface area contributed by atoms with Gasteiger partial charge in [0.15, 0.2) is 5.16 Å². The monoisotopic (exact) mass is 384 g/mol. The van der Waals surface area contributed by atoms with Crippen molar-refractivity contribution in [3.8, 4) is 6.07 Å². The number of aromatic nitrogens is 2. The molecule has 0 aliphatic carbocycles. The Labute approximate surface area is 161 Å². The molecule has 132 valence electrons. The number of hydrogen-bond acceptors (Lipinski definition) is 4. The first-order chi connectivity index (χ1) is 12.5. The number of anilines is 1. The molecule has 0 aliphatic heterocycles. The lowest BCUT2D eigenvalue weighted by Gasteiger charge is -2.13. The molecule has 3 aromatic rings. The highest BCUT2D eigenvalue weighted by Crippen LogP contribution is 2.28. The van der Waals surface area contributed by atoms with Crippen LogP contribution in [0.3, 0.4) is 0 Å². The molecule has 0 saturated heterocycles. The minimum atomic E-state index is -0.341. The van der Waals surface area contributed by atoms with Crippen LogP contribution in [0.5, 0.6) is 0 Å². The maximum absolute atomic E-state index is 12.5. The number of halogens is 1. The van der Waals surface area contributed by atoms with Crippen LogP contribution in [0.25, 0.3) is 11.0 Å². The number of hydrogen-bond donors (Lipinski definition) is 1. The molecular weight excluding hydrogens is 368 g/mol. The number of benzene rings is 2. The summed E-state index contributed by atoms with van der Waals surface area (Å²) in [6, 6.07) is 14.8. The Hall–Kier alpha value is -2.49. The number of thioether (sulfide) groups is 1. The van der Waals surface area contributed by atoms with E-state index < -0.39 is 0 Å². The van der Waals surface area contributed by atoms with E-state index in [1.807, 2.05) is 37.3 Å². The zero-order chi connectivity index (χ0) is 18.7. The van der Waals surface area contributed by atoms with Crippen molar-refractivity contribution in [3.63, 3.8) is 0 Å². The molecule has 26 heavy (non-hydrogen) atoms. The van der Waals surface area contributed by atoms with Crippen LogP contribution >= 0.6 is 23.4 Å². The Bertz CT molecular complexity index is 1010. The van der Waals surface area contributed by atoms with Crippen LogP contribution in [0, 0.1) is 11.3 Å². The van der Waals surface area contributed by atoms with Gasteiger partial charge < -0.3 is 9.88 Å². The van der Waals surface area contributed by atoms with Gasteiger partial charge in [0.1, 0.15) is 6.07 Å². The Morgan fingerprint density at radius 2 is 2.15 bits per heavy atom. The number of imidazole rings is 1. The van der Waals surface area contributed by atoms with E-state index in [0.717, 1.165) is 22.7 Å². The van der Waals surface area contributed by atoms with Crippen molar-refractivity contribution in [1.29, 1.82) is 5.26 Å². The molecule has 0 bridgehead atoms. The minimum absolute atomic E-state index is 0.148. The number of nitriles is 1. The highest BCUT2D eigenvalue weighted by Gasteiger charge is 2.19. The minimum Gasteiger partial charge on any atom is -0.325 e. The number of nitrogens with zero attached hydrogens (tertiary/aromatic N) is 3. The molecule has 0 fully saturated rings. The predicted molar refractivity (Wildman–Crippen MR) is 106 cm³/mol. The lowest BCUT2D eigenvalue weighted by molar-refractivity contribution is -0.115.